The van der Waals surface area contributed by atoms with E-state index in [1.807, 2.05) is 6.92 Å². The summed E-state index contributed by atoms with van der Waals surface area (Å²) in [4.78, 5) is 14.7. The number of amides is 1. The van der Waals surface area contributed by atoms with Gasteiger partial charge in [-0.15, -0.1) is 0 Å². The largest absolute Gasteiger partial charge is 0.451 e. The molecule has 1 aromatic carbocycles. The molecule has 0 bridgehead atoms. The summed E-state index contributed by atoms with van der Waals surface area (Å²) in [5, 5.41) is 2.95. The van der Waals surface area contributed by atoms with E-state index < -0.39 is 11.7 Å². The van der Waals surface area contributed by atoms with Crippen molar-refractivity contribution in [2.45, 2.75) is 32.0 Å². The predicted octanol–water partition coefficient (Wildman–Crippen LogP) is 4.74. The summed E-state index contributed by atoms with van der Waals surface area (Å²) in [6, 6.07) is 7.90. The summed E-state index contributed by atoms with van der Waals surface area (Å²) >= 11 is 0. The molecule has 150 valence electrons. The fourth-order valence-corrected chi connectivity index (χ4v) is 3.34. The first-order chi connectivity index (χ1) is 13.2. The molecule has 1 N–H and O–H groups in total. The number of carbonyl (C=O) groups excluding carboxylic acids is 1. The maximum absolute atomic E-state index is 12.9. The molecule has 1 saturated heterocycles. The molecule has 4 nitrogen and oxygen atoms in total. The molecule has 0 aliphatic carbocycles. The molecule has 2 aromatic rings. The minimum Gasteiger partial charge on any atom is -0.451 e. The second-order valence-corrected chi connectivity index (χ2v) is 7.22. The Morgan fingerprint density at radius 1 is 1.25 bits per heavy atom. The first-order valence-electron chi connectivity index (χ1n) is 9.17. The van der Waals surface area contributed by atoms with E-state index in [9.17, 15) is 18.0 Å². The lowest BCUT2D eigenvalue weighted by Gasteiger charge is -2.32. The van der Waals surface area contributed by atoms with E-state index in [1.54, 1.807) is 0 Å². The number of carbonyl (C=O) groups is 1. The Kier molecular flexibility index (Phi) is 5.93. The molecule has 2 heterocycles. The van der Waals surface area contributed by atoms with E-state index in [0.29, 0.717) is 0 Å². The van der Waals surface area contributed by atoms with Crippen LogP contribution in [0.1, 0.15) is 35.9 Å². The summed E-state index contributed by atoms with van der Waals surface area (Å²) in [6.07, 6.45) is -2.76. The van der Waals surface area contributed by atoms with Gasteiger partial charge in [-0.3, -0.25) is 9.69 Å². The molecule has 0 radical (unpaired) electrons. The quantitative estimate of drug-likeness (QED) is 0.748. The second-order valence-electron chi connectivity index (χ2n) is 7.22. The molecule has 1 fully saturated rings. The maximum atomic E-state index is 12.9. The SMILES string of the molecule is C=C(C)CN1CCC(NC(=O)c2ccc(-c3cccc(C(F)(F)F)c3)o2)CC1. The van der Waals surface area contributed by atoms with Crippen LogP contribution in [0.4, 0.5) is 13.2 Å². The number of likely N-dealkylation sites (tertiary alicyclic amines) is 1. The van der Waals surface area contributed by atoms with Crippen LogP contribution in [-0.4, -0.2) is 36.5 Å². The molecule has 1 amide bonds. The number of rotatable bonds is 5. The van der Waals surface area contributed by atoms with Crippen LogP contribution in [0.25, 0.3) is 11.3 Å². The van der Waals surface area contributed by atoms with Gasteiger partial charge in [0.05, 0.1) is 5.56 Å². The summed E-state index contributed by atoms with van der Waals surface area (Å²) < 4.78 is 44.1. The van der Waals surface area contributed by atoms with Gasteiger partial charge in [0.25, 0.3) is 5.91 Å². The third-order valence-corrected chi connectivity index (χ3v) is 4.72. The van der Waals surface area contributed by atoms with Crippen molar-refractivity contribution in [1.82, 2.24) is 10.2 Å². The Labute approximate surface area is 162 Å². The zero-order valence-corrected chi connectivity index (χ0v) is 15.7. The van der Waals surface area contributed by atoms with Gasteiger partial charge in [-0.25, -0.2) is 0 Å². The number of hydrogen-bond donors (Lipinski definition) is 1. The Morgan fingerprint density at radius 2 is 1.96 bits per heavy atom. The van der Waals surface area contributed by atoms with Gasteiger partial charge >= 0.3 is 6.18 Å². The summed E-state index contributed by atoms with van der Waals surface area (Å²) in [5.74, 6) is -0.0270. The number of piperidine rings is 1. The summed E-state index contributed by atoms with van der Waals surface area (Å²) in [7, 11) is 0. The van der Waals surface area contributed by atoms with Crippen LogP contribution in [0.5, 0.6) is 0 Å². The third kappa shape index (κ3) is 5.04. The van der Waals surface area contributed by atoms with Gasteiger partial charge in [0, 0.05) is 31.2 Å². The highest BCUT2D eigenvalue weighted by atomic mass is 19.4. The predicted molar refractivity (Wildman–Crippen MR) is 101 cm³/mol. The zero-order valence-electron chi connectivity index (χ0n) is 15.7. The molecule has 0 saturated carbocycles. The Bertz CT molecular complexity index is 849. The normalized spacial score (nSPS) is 16.1. The fourth-order valence-electron chi connectivity index (χ4n) is 3.34. The van der Waals surface area contributed by atoms with Crippen molar-refractivity contribution >= 4 is 5.91 Å². The van der Waals surface area contributed by atoms with Crippen LogP contribution < -0.4 is 5.32 Å². The molecule has 1 aliphatic heterocycles. The van der Waals surface area contributed by atoms with Crippen molar-refractivity contribution in [1.29, 1.82) is 0 Å². The average molecular weight is 392 g/mol. The van der Waals surface area contributed by atoms with E-state index in [0.717, 1.165) is 50.2 Å². The van der Waals surface area contributed by atoms with Gasteiger partial charge < -0.3 is 9.73 Å². The Balaban J connectivity index is 1.61. The molecule has 7 heteroatoms. The van der Waals surface area contributed by atoms with Crippen molar-refractivity contribution in [3.8, 4) is 11.3 Å². The molecular weight excluding hydrogens is 369 g/mol. The van der Waals surface area contributed by atoms with Crippen molar-refractivity contribution in [2.75, 3.05) is 19.6 Å². The van der Waals surface area contributed by atoms with Gasteiger partial charge in [-0.1, -0.05) is 24.3 Å². The van der Waals surface area contributed by atoms with Crippen LogP contribution in [0, 0.1) is 0 Å². The molecule has 0 unspecified atom stereocenters. The Morgan fingerprint density at radius 3 is 2.61 bits per heavy atom. The standard InChI is InChI=1S/C21H23F3N2O2/c1-14(2)13-26-10-8-17(9-11-26)25-20(27)19-7-6-18(28-19)15-4-3-5-16(12-15)21(22,23)24/h3-7,12,17H,1,8-11,13H2,2H3,(H,25,27). The topological polar surface area (TPSA) is 45.5 Å². The van der Waals surface area contributed by atoms with Gasteiger partial charge in [-0.2, -0.15) is 13.2 Å². The second kappa shape index (κ2) is 8.22. The summed E-state index contributed by atoms with van der Waals surface area (Å²) in [6.45, 7) is 8.53. The van der Waals surface area contributed by atoms with Crippen LogP contribution >= 0.6 is 0 Å². The van der Waals surface area contributed by atoms with Gasteiger partial charge in [0.15, 0.2) is 5.76 Å². The molecule has 1 aromatic heterocycles. The van der Waals surface area contributed by atoms with Crippen molar-refractivity contribution in [3.05, 3.63) is 59.9 Å². The number of alkyl halides is 3. The van der Waals surface area contributed by atoms with Crippen molar-refractivity contribution < 1.29 is 22.4 Å². The smallest absolute Gasteiger partial charge is 0.416 e. The zero-order chi connectivity index (χ0) is 20.3. The van der Waals surface area contributed by atoms with E-state index in [-0.39, 0.29) is 29.0 Å². The average Bonchev–Trinajstić information content (AvgIpc) is 3.13. The van der Waals surface area contributed by atoms with Crippen LogP contribution in [-0.2, 0) is 6.18 Å². The highest BCUT2D eigenvalue weighted by Gasteiger charge is 2.30. The highest BCUT2D eigenvalue weighted by molar-refractivity contribution is 5.92. The molecular formula is C21H23F3N2O2. The lowest BCUT2D eigenvalue weighted by Crippen LogP contribution is -2.44. The number of halogens is 3. The third-order valence-electron chi connectivity index (χ3n) is 4.72. The van der Waals surface area contributed by atoms with E-state index in [4.69, 9.17) is 4.42 Å². The fraction of sp³-hybridized carbons (Fsp3) is 0.381. The number of nitrogens with zero attached hydrogens (tertiary/aromatic N) is 1. The van der Waals surface area contributed by atoms with Crippen molar-refractivity contribution in [2.24, 2.45) is 0 Å². The molecule has 28 heavy (non-hydrogen) atoms. The van der Waals surface area contributed by atoms with E-state index >= 15 is 0 Å². The van der Waals surface area contributed by atoms with Crippen LogP contribution in [0.15, 0.2) is 53.0 Å². The molecule has 1 aliphatic rings. The van der Waals surface area contributed by atoms with Gasteiger partial charge in [-0.05, 0) is 44.0 Å². The minimum absolute atomic E-state index is 0.0518. The first-order valence-corrected chi connectivity index (χ1v) is 9.17. The Hall–Kier alpha value is -2.54. The molecule has 0 spiro atoms. The van der Waals surface area contributed by atoms with Gasteiger partial charge in [0.2, 0.25) is 0 Å². The van der Waals surface area contributed by atoms with Crippen LogP contribution in [0.2, 0.25) is 0 Å². The monoisotopic (exact) mass is 392 g/mol. The van der Waals surface area contributed by atoms with E-state index in [2.05, 4.69) is 16.8 Å². The highest BCUT2D eigenvalue weighted by Crippen LogP contribution is 2.32. The lowest BCUT2D eigenvalue weighted by molar-refractivity contribution is -0.137. The molecule has 3 rings (SSSR count). The van der Waals surface area contributed by atoms with Gasteiger partial charge in [0.1, 0.15) is 5.76 Å². The first kappa shape index (κ1) is 20.2. The number of furan rings is 1. The maximum Gasteiger partial charge on any atom is 0.416 e. The molecule has 0 atom stereocenters. The minimum atomic E-state index is -4.43. The van der Waals surface area contributed by atoms with E-state index in [1.165, 1.54) is 24.3 Å². The number of hydrogen-bond acceptors (Lipinski definition) is 3. The van der Waals surface area contributed by atoms with Crippen molar-refractivity contribution in [3.63, 3.8) is 0 Å². The summed E-state index contributed by atoms with van der Waals surface area (Å²) in [5.41, 5.74) is 0.635. The number of benzene rings is 1. The lowest BCUT2D eigenvalue weighted by atomic mass is 10.0. The number of nitrogens with one attached hydrogen (secondary N) is 1. The van der Waals surface area contributed by atoms with Crippen LogP contribution in [0.3, 0.4) is 0 Å².